The Morgan fingerprint density at radius 1 is 1.07 bits per heavy atom. The molecule has 0 aromatic rings. The van der Waals surface area contributed by atoms with Crippen LogP contribution in [0.4, 0.5) is 0 Å². The van der Waals surface area contributed by atoms with Crippen LogP contribution >= 0.6 is 0 Å². The van der Waals surface area contributed by atoms with Gasteiger partial charge in [-0.25, -0.2) is 5.57 Å². The maximum Gasteiger partial charge on any atom is 4.00 e. The van der Waals surface area contributed by atoms with Gasteiger partial charge in [0.2, 0.25) is 0 Å². The van der Waals surface area contributed by atoms with E-state index in [0.717, 1.165) is 6.42 Å². The van der Waals surface area contributed by atoms with E-state index in [1.54, 1.807) is 0 Å². The van der Waals surface area contributed by atoms with E-state index in [4.69, 9.17) is 0 Å². The molecule has 4 heteroatoms. The van der Waals surface area contributed by atoms with Crippen molar-refractivity contribution >= 4 is 0 Å². The van der Waals surface area contributed by atoms with Gasteiger partial charge in [-0.3, -0.25) is 6.08 Å². The first-order valence-corrected chi connectivity index (χ1v) is 4.31. The Balaban J connectivity index is -0.000000151. The summed E-state index contributed by atoms with van der Waals surface area (Å²) in [6.07, 6.45) is 4.64. The van der Waals surface area contributed by atoms with Crippen molar-refractivity contribution in [1.29, 1.82) is 0 Å². The maximum atomic E-state index is 3.52. The summed E-state index contributed by atoms with van der Waals surface area (Å²) in [7, 11) is 0. The third-order valence-electron chi connectivity index (χ3n) is 2.77. The molecule has 0 unspecified atom stereocenters. The first-order valence-electron chi connectivity index (χ1n) is 4.31. The van der Waals surface area contributed by atoms with Crippen LogP contribution in [0.15, 0.2) is 16.7 Å². The zero-order valence-corrected chi connectivity index (χ0v) is 14.6. The molecule has 0 aromatic heterocycles. The topological polar surface area (TPSA) is 0 Å². The zero-order chi connectivity index (χ0) is 8.65. The second-order valence-electron chi connectivity index (χ2n) is 3.83. The standard InChI is InChI=1S/C11H17.3ClH.Zr/c1-6-10-7-11(4,5)9(3)8(10)2;;;;/h6H2,1-5H3;3*1H;/q-1;;;;+4/p-3. The van der Waals surface area contributed by atoms with Crippen molar-refractivity contribution < 1.29 is 63.4 Å². The molecule has 0 nitrogen and oxygen atoms in total. The van der Waals surface area contributed by atoms with Gasteiger partial charge in [0, 0.05) is 0 Å². The minimum Gasteiger partial charge on any atom is -1.00 e. The Kier molecular flexibility index (Phi) is 15.6. The Hall–Kier alpha value is 1.23. The fourth-order valence-electron chi connectivity index (χ4n) is 1.61. The van der Waals surface area contributed by atoms with Crippen LogP contribution in [0.5, 0.6) is 0 Å². The van der Waals surface area contributed by atoms with E-state index in [9.17, 15) is 0 Å². The molecule has 0 amide bonds. The van der Waals surface area contributed by atoms with Crippen LogP contribution in [0, 0.1) is 11.5 Å². The number of halogens is 3. The minimum absolute atomic E-state index is 0. The Morgan fingerprint density at radius 2 is 1.47 bits per heavy atom. The Morgan fingerprint density at radius 3 is 1.60 bits per heavy atom. The molecule has 0 heterocycles. The summed E-state index contributed by atoms with van der Waals surface area (Å²) in [5.74, 6) is 0. The second kappa shape index (κ2) is 9.28. The summed E-state index contributed by atoms with van der Waals surface area (Å²) >= 11 is 0. The summed E-state index contributed by atoms with van der Waals surface area (Å²) in [5.41, 5.74) is 4.54. The van der Waals surface area contributed by atoms with E-state index in [0.29, 0.717) is 0 Å². The average Bonchev–Trinajstić information content (AvgIpc) is 2.13. The molecule has 86 valence electrons. The zero-order valence-electron chi connectivity index (χ0n) is 9.84. The van der Waals surface area contributed by atoms with E-state index >= 15 is 0 Å². The second-order valence-corrected chi connectivity index (χ2v) is 3.83. The molecule has 0 spiro atoms. The van der Waals surface area contributed by atoms with Gasteiger partial charge in [0.05, 0.1) is 0 Å². The Bertz CT molecular complexity index is 242. The summed E-state index contributed by atoms with van der Waals surface area (Å²) in [5, 5.41) is 0. The molecule has 0 radical (unpaired) electrons. The first-order chi connectivity index (χ1) is 4.99. The molecule has 0 saturated carbocycles. The van der Waals surface area contributed by atoms with Gasteiger partial charge >= 0.3 is 26.2 Å². The van der Waals surface area contributed by atoms with Crippen molar-refractivity contribution in [3.63, 3.8) is 0 Å². The van der Waals surface area contributed by atoms with Gasteiger partial charge < -0.3 is 37.2 Å². The molecule has 0 fully saturated rings. The van der Waals surface area contributed by atoms with Crippen LogP contribution in [0.2, 0.25) is 0 Å². The van der Waals surface area contributed by atoms with Crippen molar-refractivity contribution in [3.8, 4) is 0 Å². The van der Waals surface area contributed by atoms with Crippen molar-refractivity contribution in [2.24, 2.45) is 5.41 Å². The number of allylic oxidation sites excluding steroid dienone is 4. The van der Waals surface area contributed by atoms with Crippen molar-refractivity contribution in [3.05, 3.63) is 22.8 Å². The van der Waals surface area contributed by atoms with Gasteiger partial charge in [-0.1, -0.05) is 39.5 Å². The predicted octanol–water partition coefficient (Wildman–Crippen LogP) is -5.49. The largest absolute Gasteiger partial charge is 4.00 e. The van der Waals surface area contributed by atoms with Crippen molar-refractivity contribution in [2.45, 2.75) is 41.0 Å². The van der Waals surface area contributed by atoms with Crippen LogP contribution < -0.4 is 37.2 Å². The maximum absolute atomic E-state index is 3.52. The summed E-state index contributed by atoms with van der Waals surface area (Å²) in [4.78, 5) is 0. The fourth-order valence-corrected chi connectivity index (χ4v) is 1.61. The summed E-state index contributed by atoms with van der Waals surface area (Å²) in [6, 6.07) is 0. The molecule has 1 rings (SSSR count). The molecule has 0 bridgehead atoms. The van der Waals surface area contributed by atoms with Gasteiger partial charge in [-0.15, -0.1) is 6.92 Å². The first kappa shape index (κ1) is 25.2. The van der Waals surface area contributed by atoms with Crippen LogP contribution in [0.25, 0.3) is 0 Å². The summed E-state index contributed by atoms with van der Waals surface area (Å²) < 4.78 is 0. The predicted molar refractivity (Wildman–Crippen MR) is 49.2 cm³/mol. The summed E-state index contributed by atoms with van der Waals surface area (Å²) in [6.45, 7) is 11.1. The normalized spacial score (nSPS) is 16.5. The fraction of sp³-hybridized carbons (Fsp3) is 0.636. The van der Waals surface area contributed by atoms with Gasteiger partial charge in [0.1, 0.15) is 0 Å². The van der Waals surface area contributed by atoms with Gasteiger partial charge in [0.15, 0.2) is 0 Å². The number of hydrogen-bond acceptors (Lipinski definition) is 0. The molecular formula is C11H17Cl3Zr. The number of rotatable bonds is 1. The molecule has 15 heavy (non-hydrogen) atoms. The molecule has 0 aliphatic heterocycles. The van der Waals surface area contributed by atoms with E-state index in [2.05, 4.69) is 40.7 Å². The van der Waals surface area contributed by atoms with Crippen LogP contribution in [-0.2, 0) is 26.2 Å². The van der Waals surface area contributed by atoms with Crippen LogP contribution in [0.3, 0.4) is 0 Å². The van der Waals surface area contributed by atoms with Crippen molar-refractivity contribution in [2.75, 3.05) is 0 Å². The van der Waals surface area contributed by atoms with E-state index < -0.39 is 0 Å². The van der Waals surface area contributed by atoms with Crippen LogP contribution in [0.1, 0.15) is 41.0 Å². The quantitative estimate of drug-likeness (QED) is 0.416. The van der Waals surface area contributed by atoms with Gasteiger partial charge in [0.25, 0.3) is 0 Å². The smallest absolute Gasteiger partial charge is 1.00 e. The SMILES string of the molecule is CCC1=[C-]C(C)(C)C(C)=C1C.[Cl-].[Cl-].[Cl-].[Zr+4]. The molecule has 0 atom stereocenters. The van der Waals surface area contributed by atoms with E-state index in [1.165, 1.54) is 16.7 Å². The number of hydrogen-bond donors (Lipinski definition) is 0. The molecule has 0 saturated heterocycles. The van der Waals surface area contributed by atoms with E-state index in [1.807, 2.05) is 0 Å². The molecule has 0 aromatic carbocycles. The minimum atomic E-state index is 0. The monoisotopic (exact) mass is 344 g/mol. The molecule has 1 aliphatic rings. The third-order valence-corrected chi connectivity index (χ3v) is 2.77. The Labute approximate surface area is 132 Å². The van der Waals surface area contributed by atoms with Gasteiger partial charge in [-0.05, 0) is 0 Å². The molecular weight excluding hydrogens is 330 g/mol. The van der Waals surface area contributed by atoms with E-state index in [-0.39, 0.29) is 68.8 Å². The van der Waals surface area contributed by atoms with Gasteiger partial charge in [-0.2, -0.15) is 11.1 Å². The average molecular weight is 347 g/mol. The molecule has 1 aliphatic carbocycles. The third kappa shape index (κ3) is 5.40. The molecule has 0 N–H and O–H groups in total. The van der Waals surface area contributed by atoms with Crippen molar-refractivity contribution in [1.82, 2.24) is 0 Å². The van der Waals surface area contributed by atoms with Crippen LogP contribution in [-0.4, -0.2) is 0 Å².